The summed E-state index contributed by atoms with van der Waals surface area (Å²) < 4.78 is 22.8. The molecule has 0 bridgehead atoms. The summed E-state index contributed by atoms with van der Waals surface area (Å²) in [5.41, 5.74) is 8.40. The fraction of sp³-hybridized carbons (Fsp3) is 0.381. The first-order chi connectivity index (χ1) is 24.9. The number of esters is 2. The minimum absolute atomic E-state index is 0.148. The molecule has 0 spiro atoms. The monoisotopic (exact) mass is 689 g/mol. The molecule has 1 aliphatic rings. The predicted molar refractivity (Wildman–Crippen MR) is 197 cm³/mol. The molecular formula is C42H47N3O6. The van der Waals surface area contributed by atoms with Crippen molar-refractivity contribution < 1.29 is 28.2 Å². The van der Waals surface area contributed by atoms with E-state index < -0.39 is 0 Å². The Labute approximate surface area is 300 Å². The minimum Gasteiger partial charge on any atom is -0.489 e. The van der Waals surface area contributed by atoms with Gasteiger partial charge in [-0.25, -0.2) is 14.8 Å². The van der Waals surface area contributed by atoms with Crippen LogP contribution in [0.2, 0.25) is 0 Å². The van der Waals surface area contributed by atoms with E-state index in [-0.39, 0.29) is 18.0 Å². The summed E-state index contributed by atoms with van der Waals surface area (Å²) in [4.78, 5) is 36.4. The Balaban J connectivity index is 1.13. The molecule has 0 aliphatic heterocycles. The van der Waals surface area contributed by atoms with Crippen LogP contribution in [0.5, 0.6) is 5.75 Å². The zero-order chi connectivity index (χ0) is 35.6. The van der Waals surface area contributed by atoms with Crippen LogP contribution in [0.3, 0.4) is 0 Å². The fourth-order valence-electron chi connectivity index (χ4n) is 6.75. The summed E-state index contributed by atoms with van der Waals surface area (Å²) in [7, 11) is 0. The van der Waals surface area contributed by atoms with Crippen molar-refractivity contribution in [3.8, 4) is 17.2 Å². The lowest BCUT2D eigenvalue weighted by molar-refractivity contribution is -0.143. The largest absolute Gasteiger partial charge is 0.489 e. The number of hydrogen-bond donors (Lipinski definition) is 0. The van der Waals surface area contributed by atoms with Gasteiger partial charge in [0.2, 0.25) is 5.89 Å². The second-order valence-electron chi connectivity index (χ2n) is 13.0. The first-order valence-corrected chi connectivity index (χ1v) is 18.2. The Kier molecular flexibility index (Phi) is 12.1. The molecular weight excluding hydrogens is 642 g/mol. The number of rotatable bonds is 16. The quantitative estimate of drug-likeness (QED) is 0.0744. The van der Waals surface area contributed by atoms with Gasteiger partial charge in [0.1, 0.15) is 23.6 Å². The Hall–Kier alpha value is -5.02. The lowest BCUT2D eigenvalue weighted by atomic mass is 9.89. The van der Waals surface area contributed by atoms with Crippen LogP contribution in [0.25, 0.3) is 22.6 Å². The molecule has 9 nitrogen and oxygen atoms in total. The molecule has 1 unspecified atom stereocenters. The van der Waals surface area contributed by atoms with Gasteiger partial charge in [0.05, 0.1) is 13.2 Å². The molecule has 0 N–H and O–H groups in total. The van der Waals surface area contributed by atoms with Crippen molar-refractivity contribution in [2.75, 3.05) is 26.3 Å². The van der Waals surface area contributed by atoms with Crippen molar-refractivity contribution in [1.82, 2.24) is 14.9 Å². The van der Waals surface area contributed by atoms with E-state index in [1.54, 1.807) is 13.0 Å². The second-order valence-corrected chi connectivity index (χ2v) is 13.0. The molecule has 0 amide bonds. The van der Waals surface area contributed by atoms with Crippen molar-refractivity contribution in [1.29, 1.82) is 0 Å². The summed E-state index contributed by atoms with van der Waals surface area (Å²) in [6, 6.07) is 26.4. The van der Waals surface area contributed by atoms with E-state index in [1.165, 1.54) is 5.56 Å². The van der Waals surface area contributed by atoms with Crippen LogP contribution >= 0.6 is 0 Å². The number of nitrogens with zero attached hydrogens (tertiary/aromatic N) is 3. The molecule has 51 heavy (non-hydrogen) atoms. The maximum Gasteiger partial charge on any atom is 0.356 e. The number of aromatic nitrogens is 2. The van der Waals surface area contributed by atoms with Crippen molar-refractivity contribution in [3.05, 3.63) is 113 Å². The third kappa shape index (κ3) is 9.21. The van der Waals surface area contributed by atoms with Crippen LogP contribution < -0.4 is 4.74 Å². The highest BCUT2D eigenvalue weighted by Crippen LogP contribution is 2.35. The van der Waals surface area contributed by atoms with Gasteiger partial charge in [0, 0.05) is 30.3 Å². The molecule has 0 radical (unpaired) electrons. The first kappa shape index (κ1) is 35.8. The number of benzene rings is 3. The fourth-order valence-corrected chi connectivity index (χ4v) is 6.75. The standard InChI is InChI=1S/C42H47N3O6/c1-4-48-40(46)15-8-9-25-45(37-13-10-12-34-33(37)21-22-35(43-34)42(47)49-5-2)26-24-31-11-6-7-14-38(31)50-28-30-17-19-32(20-18-30)41-44-36-27-29(3)16-23-39(36)51-41/h6-7,11,14,16-23,27,37H,4-5,8-10,12-13,15,24-26,28H2,1-3H3. The van der Waals surface area contributed by atoms with E-state index in [0.29, 0.717) is 37.8 Å². The van der Waals surface area contributed by atoms with E-state index in [9.17, 15) is 9.59 Å². The molecule has 9 heteroatoms. The van der Waals surface area contributed by atoms with E-state index in [2.05, 4.69) is 40.2 Å². The van der Waals surface area contributed by atoms with Gasteiger partial charge in [0.25, 0.3) is 0 Å². The van der Waals surface area contributed by atoms with Gasteiger partial charge < -0.3 is 18.6 Å². The number of carbonyl (C=O) groups excluding carboxylic acids is 2. The smallest absolute Gasteiger partial charge is 0.356 e. The van der Waals surface area contributed by atoms with Crippen LogP contribution in [0.15, 0.2) is 83.3 Å². The van der Waals surface area contributed by atoms with E-state index in [1.807, 2.05) is 56.3 Å². The van der Waals surface area contributed by atoms with Crippen molar-refractivity contribution in [2.45, 2.75) is 78.4 Å². The summed E-state index contributed by atoms with van der Waals surface area (Å²) in [5, 5.41) is 0. The molecule has 2 heterocycles. The van der Waals surface area contributed by atoms with Gasteiger partial charge in [-0.05, 0) is 124 Å². The highest BCUT2D eigenvalue weighted by atomic mass is 16.5. The SMILES string of the molecule is CCOC(=O)CCCCN(CCc1ccccc1OCc1ccc(-c2nc3cc(C)ccc3o2)cc1)C1CCCc2nc(C(=O)OCC)ccc21. The lowest BCUT2D eigenvalue weighted by Gasteiger charge is -2.36. The third-order valence-electron chi connectivity index (χ3n) is 9.35. The second kappa shape index (κ2) is 17.3. The number of hydrogen-bond acceptors (Lipinski definition) is 9. The topological polar surface area (TPSA) is 104 Å². The van der Waals surface area contributed by atoms with Crippen LogP contribution in [-0.2, 0) is 33.7 Å². The van der Waals surface area contributed by atoms with Gasteiger partial charge in [-0.15, -0.1) is 0 Å². The summed E-state index contributed by atoms with van der Waals surface area (Å²) in [6.45, 7) is 8.48. The number of para-hydroxylation sites is 1. The Bertz CT molecular complexity index is 1940. The average molecular weight is 690 g/mol. The molecule has 6 rings (SSSR count). The third-order valence-corrected chi connectivity index (χ3v) is 9.35. The maximum absolute atomic E-state index is 12.4. The molecule has 0 saturated carbocycles. The van der Waals surface area contributed by atoms with Gasteiger partial charge in [-0.3, -0.25) is 9.69 Å². The molecule has 266 valence electrons. The predicted octanol–water partition coefficient (Wildman–Crippen LogP) is 8.61. The van der Waals surface area contributed by atoms with Crippen LogP contribution in [0.4, 0.5) is 0 Å². The molecule has 5 aromatic rings. The normalized spacial score (nSPS) is 14.0. The molecule has 0 fully saturated rings. The number of carbonyl (C=O) groups is 2. The highest BCUT2D eigenvalue weighted by molar-refractivity contribution is 5.87. The van der Waals surface area contributed by atoms with Crippen molar-refractivity contribution in [3.63, 3.8) is 0 Å². The molecule has 1 atom stereocenters. The highest BCUT2D eigenvalue weighted by Gasteiger charge is 2.28. The van der Waals surface area contributed by atoms with Gasteiger partial charge >= 0.3 is 11.9 Å². The Morgan fingerprint density at radius 1 is 0.902 bits per heavy atom. The number of pyridine rings is 1. The van der Waals surface area contributed by atoms with Gasteiger partial charge in [-0.1, -0.05) is 42.5 Å². The van der Waals surface area contributed by atoms with Gasteiger partial charge in [0.15, 0.2) is 5.58 Å². The number of fused-ring (bicyclic) bond motifs is 2. The van der Waals surface area contributed by atoms with Crippen molar-refractivity contribution >= 4 is 23.0 Å². The molecule has 3 aromatic carbocycles. The summed E-state index contributed by atoms with van der Waals surface area (Å²) >= 11 is 0. The van der Waals surface area contributed by atoms with E-state index >= 15 is 0 Å². The van der Waals surface area contributed by atoms with Crippen LogP contribution in [0.1, 0.15) is 90.4 Å². The zero-order valence-corrected chi connectivity index (χ0v) is 29.9. The lowest BCUT2D eigenvalue weighted by Crippen LogP contribution is -2.34. The Morgan fingerprint density at radius 2 is 1.73 bits per heavy atom. The van der Waals surface area contributed by atoms with Crippen LogP contribution in [-0.4, -0.2) is 53.1 Å². The number of unbranched alkanes of at least 4 members (excludes halogenated alkanes) is 1. The molecule has 1 aliphatic carbocycles. The number of oxazole rings is 1. The molecule has 2 aromatic heterocycles. The van der Waals surface area contributed by atoms with E-state index in [4.69, 9.17) is 23.6 Å². The first-order valence-electron chi connectivity index (χ1n) is 18.2. The summed E-state index contributed by atoms with van der Waals surface area (Å²) in [5.74, 6) is 0.937. The molecule has 0 saturated heterocycles. The van der Waals surface area contributed by atoms with Crippen molar-refractivity contribution in [2.24, 2.45) is 0 Å². The number of aryl methyl sites for hydroxylation is 2. The Morgan fingerprint density at radius 3 is 2.55 bits per heavy atom. The number of ether oxygens (including phenoxy) is 3. The summed E-state index contributed by atoms with van der Waals surface area (Å²) in [6.07, 6.45) is 5.67. The average Bonchev–Trinajstić information content (AvgIpc) is 3.57. The van der Waals surface area contributed by atoms with E-state index in [0.717, 1.165) is 96.4 Å². The maximum atomic E-state index is 12.4. The van der Waals surface area contributed by atoms with Gasteiger partial charge in [-0.2, -0.15) is 0 Å². The van der Waals surface area contributed by atoms with Crippen LogP contribution in [0, 0.1) is 6.92 Å². The zero-order valence-electron chi connectivity index (χ0n) is 29.9. The minimum atomic E-state index is -0.385.